The number of imidazole rings is 1. The highest BCUT2D eigenvalue weighted by atomic mass is 19.1. The first kappa shape index (κ1) is 24.7. The third kappa shape index (κ3) is 5.79. The molecule has 2 aromatic carbocycles. The summed E-state index contributed by atoms with van der Waals surface area (Å²) in [6.07, 6.45) is 4.82. The largest absolute Gasteiger partial charge is 0.489 e. The van der Waals surface area contributed by atoms with E-state index in [1.807, 2.05) is 30.3 Å². The number of benzene rings is 2. The minimum atomic E-state index is -0.760. The van der Waals surface area contributed by atoms with Gasteiger partial charge < -0.3 is 24.7 Å². The van der Waals surface area contributed by atoms with Crippen LogP contribution in [0.3, 0.4) is 0 Å². The molecular formula is C27H26FN5O3. The van der Waals surface area contributed by atoms with Gasteiger partial charge in [0.15, 0.2) is 0 Å². The summed E-state index contributed by atoms with van der Waals surface area (Å²) in [6, 6.07) is 17.1. The van der Waals surface area contributed by atoms with Crippen LogP contribution in [0, 0.1) is 17.1 Å². The lowest BCUT2D eigenvalue weighted by molar-refractivity contribution is 0.0846. The van der Waals surface area contributed by atoms with Crippen LogP contribution in [0.4, 0.5) is 4.39 Å². The molecule has 0 fully saturated rings. The number of hydrogen-bond donors (Lipinski definition) is 3. The number of aryl methyl sites for hydroxylation is 1. The Bertz CT molecular complexity index is 1360. The summed E-state index contributed by atoms with van der Waals surface area (Å²) < 4.78 is 22.3. The number of aliphatic hydroxyl groups is 1. The van der Waals surface area contributed by atoms with Crippen molar-refractivity contribution in [3.05, 3.63) is 102 Å². The van der Waals surface area contributed by atoms with Crippen LogP contribution in [-0.2, 0) is 13.0 Å². The van der Waals surface area contributed by atoms with E-state index in [-0.39, 0.29) is 18.2 Å². The van der Waals surface area contributed by atoms with Crippen molar-refractivity contribution in [1.29, 1.82) is 5.26 Å². The maximum atomic E-state index is 14.8. The highest BCUT2D eigenvalue weighted by Crippen LogP contribution is 2.23. The van der Waals surface area contributed by atoms with E-state index in [9.17, 15) is 19.6 Å². The number of aliphatic hydroxyl groups excluding tert-OH is 1. The first-order valence-electron chi connectivity index (χ1n) is 11.5. The Kier molecular flexibility index (Phi) is 7.78. The highest BCUT2D eigenvalue weighted by Gasteiger charge is 2.20. The second kappa shape index (κ2) is 11.3. The molecule has 2 aromatic heterocycles. The van der Waals surface area contributed by atoms with Crippen molar-refractivity contribution in [2.24, 2.45) is 0 Å². The fourth-order valence-corrected chi connectivity index (χ4v) is 3.90. The highest BCUT2D eigenvalue weighted by molar-refractivity contribution is 5.92. The summed E-state index contributed by atoms with van der Waals surface area (Å²) in [7, 11) is 0. The van der Waals surface area contributed by atoms with Gasteiger partial charge in [-0.1, -0.05) is 24.3 Å². The Morgan fingerprint density at radius 2 is 2.11 bits per heavy atom. The predicted octanol–water partition coefficient (Wildman–Crippen LogP) is 3.90. The molecule has 0 aliphatic heterocycles. The minimum Gasteiger partial charge on any atom is -0.489 e. The molecule has 0 spiro atoms. The van der Waals surface area contributed by atoms with E-state index in [1.54, 1.807) is 37.4 Å². The lowest BCUT2D eigenvalue weighted by Gasteiger charge is -2.21. The summed E-state index contributed by atoms with van der Waals surface area (Å²) >= 11 is 0. The van der Waals surface area contributed by atoms with Crippen LogP contribution >= 0.6 is 0 Å². The van der Waals surface area contributed by atoms with Crippen LogP contribution in [-0.4, -0.2) is 37.7 Å². The van der Waals surface area contributed by atoms with Gasteiger partial charge in [-0.25, -0.2) is 9.37 Å². The van der Waals surface area contributed by atoms with E-state index in [0.29, 0.717) is 35.5 Å². The number of ether oxygens (including phenoxy) is 1. The molecule has 4 rings (SSSR count). The first-order chi connectivity index (χ1) is 17.5. The van der Waals surface area contributed by atoms with Crippen LogP contribution < -0.4 is 10.1 Å². The smallest absolute Gasteiger partial charge is 0.271 e. The number of nitriles is 1. The number of para-hydroxylation sites is 1. The lowest BCUT2D eigenvalue weighted by Crippen LogP contribution is -2.42. The van der Waals surface area contributed by atoms with E-state index in [2.05, 4.69) is 15.3 Å². The quantitative estimate of drug-likeness (QED) is 0.314. The molecule has 2 atom stereocenters. The molecule has 9 heteroatoms. The number of aromatic amines is 1. The fraction of sp³-hybridized carbons (Fsp3) is 0.222. The molecule has 4 aromatic rings. The average Bonchev–Trinajstić information content (AvgIpc) is 3.58. The van der Waals surface area contributed by atoms with Crippen LogP contribution in [0.5, 0.6) is 5.75 Å². The molecule has 3 N–H and O–H groups in total. The van der Waals surface area contributed by atoms with Gasteiger partial charge in [0.25, 0.3) is 5.91 Å². The van der Waals surface area contributed by atoms with Gasteiger partial charge in [0.2, 0.25) is 0 Å². The Hall–Kier alpha value is -4.42. The third-order valence-electron chi connectivity index (χ3n) is 5.86. The van der Waals surface area contributed by atoms with Crippen LogP contribution in [0.2, 0.25) is 0 Å². The molecule has 0 unspecified atom stereocenters. The number of rotatable bonds is 10. The second-order valence-electron chi connectivity index (χ2n) is 8.37. The number of nitrogens with one attached hydrogen (secondary N) is 2. The Morgan fingerprint density at radius 3 is 2.83 bits per heavy atom. The van der Waals surface area contributed by atoms with E-state index < -0.39 is 18.0 Å². The molecular weight excluding hydrogens is 461 g/mol. The molecule has 0 aliphatic carbocycles. The van der Waals surface area contributed by atoms with Gasteiger partial charge in [-0.15, -0.1) is 0 Å². The van der Waals surface area contributed by atoms with Gasteiger partial charge in [0.05, 0.1) is 24.2 Å². The van der Waals surface area contributed by atoms with Crippen LogP contribution in [0.25, 0.3) is 5.69 Å². The van der Waals surface area contributed by atoms with Gasteiger partial charge in [0.1, 0.15) is 35.6 Å². The van der Waals surface area contributed by atoms with Crippen molar-refractivity contribution in [2.45, 2.75) is 38.5 Å². The standard InChI is InChI=1S/C27H26FN5O3/c1-18(34)23(32-27(35)24-15-30-17-31-24)10-9-20-5-2-3-7-26(20)36-16-19-8-11-25(22(28)13-19)33-12-4-6-21(33)14-29/h2-8,11-13,15,17-18,23,34H,9-10,16H2,1H3,(H,30,31)(H,32,35)/t18-,23+/m0/s1. The van der Waals surface area contributed by atoms with E-state index >= 15 is 0 Å². The number of carbonyl (C=O) groups excluding carboxylic acids is 1. The van der Waals surface area contributed by atoms with E-state index in [4.69, 9.17) is 4.74 Å². The monoisotopic (exact) mass is 487 g/mol. The Balaban J connectivity index is 1.40. The van der Waals surface area contributed by atoms with Gasteiger partial charge >= 0.3 is 0 Å². The number of hydrogen-bond acceptors (Lipinski definition) is 5. The number of amides is 1. The molecule has 0 aliphatic rings. The van der Waals surface area contributed by atoms with Crippen molar-refractivity contribution >= 4 is 5.91 Å². The second-order valence-corrected chi connectivity index (χ2v) is 8.37. The van der Waals surface area contributed by atoms with Gasteiger partial charge in [0, 0.05) is 12.4 Å². The van der Waals surface area contributed by atoms with Gasteiger partial charge in [-0.05, 0) is 61.2 Å². The zero-order chi connectivity index (χ0) is 25.5. The number of carbonyl (C=O) groups is 1. The molecule has 184 valence electrons. The average molecular weight is 488 g/mol. The number of aromatic nitrogens is 3. The van der Waals surface area contributed by atoms with Gasteiger partial charge in [-0.2, -0.15) is 5.26 Å². The van der Waals surface area contributed by atoms with Crippen molar-refractivity contribution in [2.75, 3.05) is 0 Å². The molecule has 0 saturated carbocycles. The van der Waals surface area contributed by atoms with Crippen molar-refractivity contribution in [3.63, 3.8) is 0 Å². The van der Waals surface area contributed by atoms with E-state index in [0.717, 1.165) is 5.56 Å². The Labute approximate surface area is 208 Å². The van der Waals surface area contributed by atoms with Gasteiger partial charge in [-0.3, -0.25) is 4.79 Å². The zero-order valence-corrected chi connectivity index (χ0v) is 19.7. The summed E-state index contributed by atoms with van der Waals surface area (Å²) in [4.78, 5) is 19.0. The van der Waals surface area contributed by atoms with E-state index in [1.165, 1.54) is 23.2 Å². The molecule has 0 saturated heterocycles. The molecule has 0 radical (unpaired) electrons. The molecule has 1 amide bonds. The fourth-order valence-electron chi connectivity index (χ4n) is 3.90. The first-order valence-corrected chi connectivity index (χ1v) is 11.5. The molecule has 2 heterocycles. The van der Waals surface area contributed by atoms with Crippen LogP contribution in [0.15, 0.2) is 73.3 Å². The number of halogens is 1. The third-order valence-corrected chi connectivity index (χ3v) is 5.86. The summed E-state index contributed by atoms with van der Waals surface area (Å²) in [6.45, 7) is 1.78. The maximum absolute atomic E-state index is 14.8. The molecule has 8 nitrogen and oxygen atoms in total. The minimum absolute atomic E-state index is 0.153. The zero-order valence-electron chi connectivity index (χ0n) is 19.7. The lowest BCUT2D eigenvalue weighted by atomic mass is 10.0. The normalized spacial score (nSPS) is 12.5. The SMILES string of the molecule is C[C@H](O)[C@@H](CCc1ccccc1OCc1ccc(-n2cccc2C#N)c(F)c1)NC(=O)c1c[nH]cn1. The Morgan fingerprint density at radius 1 is 1.28 bits per heavy atom. The predicted molar refractivity (Wildman–Crippen MR) is 131 cm³/mol. The summed E-state index contributed by atoms with van der Waals surface area (Å²) in [5.74, 6) is -0.175. The molecule has 36 heavy (non-hydrogen) atoms. The topological polar surface area (TPSA) is 116 Å². The molecule has 0 bridgehead atoms. The van der Waals surface area contributed by atoms with Crippen molar-refractivity contribution < 1.29 is 19.0 Å². The number of H-pyrrole nitrogens is 1. The summed E-state index contributed by atoms with van der Waals surface area (Å²) in [5, 5.41) is 22.2. The number of nitrogens with zero attached hydrogens (tertiary/aromatic N) is 3. The van der Waals surface area contributed by atoms with Crippen LogP contribution in [0.1, 0.15) is 40.7 Å². The van der Waals surface area contributed by atoms with Crippen molar-refractivity contribution in [1.82, 2.24) is 19.9 Å². The summed E-state index contributed by atoms with van der Waals surface area (Å²) in [5.41, 5.74) is 2.44. The maximum Gasteiger partial charge on any atom is 0.271 e. The van der Waals surface area contributed by atoms with Crippen molar-refractivity contribution in [3.8, 4) is 17.5 Å².